The predicted molar refractivity (Wildman–Crippen MR) is 132 cm³/mol. The van der Waals surface area contributed by atoms with E-state index in [1.807, 2.05) is 30.3 Å². The lowest BCUT2D eigenvalue weighted by Crippen LogP contribution is -2.03. The fourth-order valence-electron chi connectivity index (χ4n) is 4.07. The minimum absolute atomic E-state index is 0.342. The van der Waals surface area contributed by atoms with Gasteiger partial charge in [-0.1, -0.05) is 60.3 Å². The number of carbonyl (C=O) groups excluding carboxylic acids is 1. The molecule has 4 rings (SSSR count). The molecule has 0 saturated heterocycles. The Balaban J connectivity index is 2.01. The second kappa shape index (κ2) is 9.09. The highest BCUT2D eigenvalue weighted by Crippen LogP contribution is 2.45. The molecule has 0 aliphatic heterocycles. The highest BCUT2D eigenvalue weighted by molar-refractivity contribution is 7.99. The van der Waals surface area contributed by atoms with Crippen molar-refractivity contribution in [1.29, 1.82) is 0 Å². The molecule has 3 nitrogen and oxygen atoms in total. The van der Waals surface area contributed by atoms with E-state index in [9.17, 15) is 4.79 Å². The number of rotatable bonds is 5. The molecule has 0 amide bonds. The Bertz CT molecular complexity index is 1290. The summed E-state index contributed by atoms with van der Waals surface area (Å²) in [6.07, 6.45) is 0. The third-order valence-corrected chi connectivity index (χ3v) is 6.90. The molecule has 0 N–H and O–H groups in total. The summed E-state index contributed by atoms with van der Waals surface area (Å²) in [4.78, 5) is 14.0. The molecule has 4 aromatic rings. The van der Waals surface area contributed by atoms with Crippen molar-refractivity contribution in [3.05, 3.63) is 83.4 Å². The van der Waals surface area contributed by atoms with Gasteiger partial charge in [-0.2, -0.15) is 0 Å². The number of aryl methyl sites for hydroxylation is 3. The summed E-state index contributed by atoms with van der Waals surface area (Å²) in [5.41, 5.74) is 5.75. The molecule has 0 saturated carbocycles. The molecule has 0 unspecified atom stereocenters. The maximum atomic E-state index is 11.8. The van der Waals surface area contributed by atoms with Gasteiger partial charge in [0, 0.05) is 17.2 Å². The van der Waals surface area contributed by atoms with Crippen molar-refractivity contribution in [2.24, 2.45) is 0 Å². The van der Waals surface area contributed by atoms with E-state index in [-0.39, 0.29) is 5.97 Å². The van der Waals surface area contributed by atoms with Crippen LogP contribution in [0.4, 0.5) is 0 Å². The highest BCUT2D eigenvalue weighted by Gasteiger charge is 2.18. The second-order valence-corrected chi connectivity index (χ2v) is 8.95. The van der Waals surface area contributed by atoms with Crippen LogP contribution in [0.15, 0.2) is 76.5 Å². The normalized spacial score (nSPS) is 10.9. The number of ether oxygens (including phenoxy) is 2. The van der Waals surface area contributed by atoms with Gasteiger partial charge in [-0.25, -0.2) is 0 Å². The van der Waals surface area contributed by atoms with Crippen LogP contribution in [0.3, 0.4) is 0 Å². The van der Waals surface area contributed by atoms with E-state index in [4.69, 9.17) is 9.47 Å². The largest absolute Gasteiger partial charge is 0.496 e. The molecule has 0 atom stereocenters. The monoisotopic (exact) mass is 442 g/mol. The van der Waals surface area contributed by atoms with Gasteiger partial charge in [-0.3, -0.25) is 4.79 Å². The molecule has 32 heavy (non-hydrogen) atoms. The quantitative estimate of drug-likeness (QED) is 0.236. The Labute approximate surface area is 193 Å². The van der Waals surface area contributed by atoms with E-state index in [0.29, 0.717) is 5.75 Å². The summed E-state index contributed by atoms with van der Waals surface area (Å²) < 4.78 is 11.4. The van der Waals surface area contributed by atoms with E-state index in [0.717, 1.165) is 38.1 Å². The number of hydrogen-bond acceptors (Lipinski definition) is 4. The zero-order valence-electron chi connectivity index (χ0n) is 19.0. The fraction of sp³-hybridized carbons (Fsp3) is 0.179. The van der Waals surface area contributed by atoms with Crippen LogP contribution in [-0.4, -0.2) is 13.1 Å². The molecular formula is C28H26O3S. The molecule has 0 radical (unpaired) electrons. The Morgan fingerprint density at radius 3 is 2.09 bits per heavy atom. The molecule has 0 heterocycles. The summed E-state index contributed by atoms with van der Waals surface area (Å²) >= 11 is 1.70. The summed E-state index contributed by atoms with van der Waals surface area (Å²) in [7, 11) is 1.67. The van der Waals surface area contributed by atoms with Crippen LogP contribution in [0.5, 0.6) is 11.5 Å². The van der Waals surface area contributed by atoms with E-state index in [1.165, 1.54) is 22.9 Å². The molecule has 0 aromatic heterocycles. The van der Waals surface area contributed by atoms with Crippen LogP contribution < -0.4 is 9.47 Å². The van der Waals surface area contributed by atoms with Crippen molar-refractivity contribution in [2.75, 3.05) is 7.11 Å². The second-order valence-electron chi connectivity index (χ2n) is 7.90. The van der Waals surface area contributed by atoms with Gasteiger partial charge < -0.3 is 9.47 Å². The lowest BCUT2D eigenvalue weighted by Gasteiger charge is -2.18. The van der Waals surface area contributed by atoms with Gasteiger partial charge in [0.05, 0.1) is 12.0 Å². The lowest BCUT2D eigenvalue weighted by molar-refractivity contribution is -0.131. The van der Waals surface area contributed by atoms with Crippen LogP contribution in [-0.2, 0) is 4.79 Å². The fourth-order valence-corrected chi connectivity index (χ4v) is 5.16. The van der Waals surface area contributed by atoms with Crippen molar-refractivity contribution in [3.8, 4) is 22.6 Å². The molecule has 0 fully saturated rings. The molecular weight excluding hydrogens is 416 g/mol. The number of carbonyl (C=O) groups is 1. The number of esters is 1. The Kier molecular flexibility index (Phi) is 6.24. The zero-order chi connectivity index (χ0) is 22.8. The van der Waals surface area contributed by atoms with Crippen molar-refractivity contribution < 1.29 is 14.3 Å². The summed E-state index contributed by atoms with van der Waals surface area (Å²) in [5, 5.41) is 1.88. The smallest absolute Gasteiger partial charge is 0.308 e. The van der Waals surface area contributed by atoms with Crippen LogP contribution >= 0.6 is 11.8 Å². The Morgan fingerprint density at radius 1 is 0.781 bits per heavy atom. The van der Waals surface area contributed by atoms with E-state index >= 15 is 0 Å². The molecule has 0 spiro atoms. The van der Waals surface area contributed by atoms with Gasteiger partial charge in [0.1, 0.15) is 11.5 Å². The van der Waals surface area contributed by atoms with Crippen molar-refractivity contribution in [2.45, 2.75) is 37.5 Å². The average Bonchev–Trinajstić information content (AvgIpc) is 2.76. The van der Waals surface area contributed by atoms with Crippen LogP contribution in [0.1, 0.15) is 23.6 Å². The van der Waals surface area contributed by atoms with Gasteiger partial charge in [-0.15, -0.1) is 0 Å². The number of hydrogen-bond donors (Lipinski definition) is 0. The maximum Gasteiger partial charge on any atom is 0.308 e. The average molecular weight is 443 g/mol. The predicted octanol–water partition coefficient (Wildman–Crippen LogP) is 7.52. The zero-order valence-corrected chi connectivity index (χ0v) is 19.8. The number of fused-ring (bicyclic) bond motifs is 1. The SMILES string of the molecule is COc1cc2c(OC(C)=O)cc(C)c(-c3ccccc3)c2cc1Sc1c(C)cccc1C. The van der Waals surface area contributed by atoms with Crippen molar-refractivity contribution >= 4 is 28.5 Å². The minimum Gasteiger partial charge on any atom is -0.496 e. The van der Waals surface area contributed by atoms with Crippen LogP contribution in [0.25, 0.3) is 21.9 Å². The van der Waals surface area contributed by atoms with Crippen LogP contribution in [0.2, 0.25) is 0 Å². The lowest BCUT2D eigenvalue weighted by atomic mass is 9.93. The minimum atomic E-state index is -0.342. The first-order valence-corrected chi connectivity index (χ1v) is 11.3. The summed E-state index contributed by atoms with van der Waals surface area (Å²) in [5.74, 6) is 0.958. The summed E-state index contributed by atoms with van der Waals surface area (Å²) in [6, 6.07) is 22.7. The first-order valence-electron chi connectivity index (χ1n) is 10.5. The topological polar surface area (TPSA) is 35.5 Å². The van der Waals surface area contributed by atoms with Gasteiger partial charge in [0.25, 0.3) is 0 Å². The molecule has 0 aliphatic rings. The number of benzene rings is 4. The van der Waals surface area contributed by atoms with E-state index in [2.05, 4.69) is 57.2 Å². The number of methoxy groups -OCH3 is 1. The van der Waals surface area contributed by atoms with E-state index in [1.54, 1.807) is 18.9 Å². The standard InChI is InChI=1S/C28H26O3S/c1-17-10-9-11-18(2)28(17)32-26-16-23-22(15-25(26)30-5)24(31-20(4)29)14-19(3)27(23)21-12-7-6-8-13-21/h6-16H,1-5H3. The van der Waals surface area contributed by atoms with Gasteiger partial charge in [0.15, 0.2) is 0 Å². The Morgan fingerprint density at radius 2 is 1.47 bits per heavy atom. The molecule has 162 valence electrons. The van der Waals surface area contributed by atoms with Gasteiger partial charge in [-0.05, 0) is 72.2 Å². The third kappa shape index (κ3) is 4.23. The third-order valence-electron chi connectivity index (χ3n) is 5.52. The Hall–Kier alpha value is -3.24. The first-order chi connectivity index (χ1) is 15.4. The maximum absolute atomic E-state index is 11.8. The van der Waals surface area contributed by atoms with Crippen molar-refractivity contribution in [3.63, 3.8) is 0 Å². The molecule has 4 heteroatoms. The van der Waals surface area contributed by atoms with Crippen molar-refractivity contribution in [1.82, 2.24) is 0 Å². The highest BCUT2D eigenvalue weighted by atomic mass is 32.2. The van der Waals surface area contributed by atoms with Gasteiger partial charge >= 0.3 is 5.97 Å². The van der Waals surface area contributed by atoms with Crippen LogP contribution in [0, 0.1) is 20.8 Å². The van der Waals surface area contributed by atoms with Gasteiger partial charge in [0.2, 0.25) is 0 Å². The molecule has 0 aliphatic carbocycles. The first kappa shape index (κ1) is 22.0. The van der Waals surface area contributed by atoms with E-state index < -0.39 is 0 Å². The molecule has 0 bridgehead atoms. The molecule has 4 aromatic carbocycles. The summed E-state index contributed by atoms with van der Waals surface area (Å²) in [6.45, 7) is 7.73.